The molecule has 0 N–H and O–H groups in total. The molecule has 0 saturated heterocycles. The Bertz CT molecular complexity index is 986. The lowest BCUT2D eigenvalue weighted by Gasteiger charge is -2.08. The predicted octanol–water partition coefficient (Wildman–Crippen LogP) is 6.76. The minimum absolute atomic E-state index is 0.879. The number of ether oxygens (including phenoxy) is 1. The lowest BCUT2D eigenvalue weighted by atomic mass is 9.99. The number of benzene rings is 3. The molecule has 1 nitrogen and oxygen atoms in total. The van der Waals surface area contributed by atoms with E-state index in [-0.39, 0.29) is 0 Å². The van der Waals surface area contributed by atoms with E-state index in [9.17, 15) is 0 Å². The van der Waals surface area contributed by atoms with Gasteiger partial charge >= 0.3 is 0 Å². The zero-order valence-corrected chi connectivity index (χ0v) is 14.8. The largest absolute Gasteiger partial charge is 0.497 e. The van der Waals surface area contributed by atoms with Crippen LogP contribution in [0.1, 0.15) is 0 Å². The Labute approximate surface area is 152 Å². The Kier molecular flexibility index (Phi) is 4.36. The molecule has 122 valence electrons. The summed E-state index contributed by atoms with van der Waals surface area (Å²) < 4.78 is 5.36. The third kappa shape index (κ3) is 3.21. The first-order chi connectivity index (χ1) is 12.3. The van der Waals surface area contributed by atoms with E-state index in [4.69, 9.17) is 4.74 Å². The normalized spacial score (nSPS) is 10.6. The van der Waals surface area contributed by atoms with Crippen molar-refractivity contribution in [3.8, 4) is 38.4 Å². The summed E-state index contributed by atoms with van der Waals surface area (Å²) in [5.41, 5.74) is 6.15. The molecule has 3 aromatic carbocycles. The fraction of sp³-hybridized carbons (Fsp3) is 0.0435. The SMILES string of the molecule is COc1cccc(-c2cccc(-c3sccc3-c3ccccc3)c2)c1. The van der Waals surface area contributed by atoms with Crippen molar-refractivity contribution >= 4 is 11.3 Å². The molecule has 0 aliphatic heterocycles. The maximum atomic E-state index is 5.36. The number of rotatable bonds is 4. The smallest absolute Gasteiger partial charge is 0.119 e. The van der Waals surface area contributed by atoms with Crippen LogP contribution in [0.2, 0.25) is 0 Å². The zero-order chi connectivity index (χ0) is 17.1. The van der Waals surface area contributed by atoms with Gasteiger partial charge in [-0.2, -0.15) is 0 Å². The number of methoxy groups -OCH3 is 1. The van der Waals surface area contributed by atoms with Gasteiger partial charge in [-0.05, 0) is 51.9 Å². The van der Waals surface area contributed by atoms with E-state index in [1.165, 1.54) is 32.7 Å². The van der Waals surface area contributed by atoms with Crippen molar-refractivity contribution in [3.63, 3.8) is 0 Å². The predicted molar refractivity (Wildman–Crippen MR) is 107 cm³/mol. The van der Waals surface area contributed by atoms with Crippen LogP contribution in [0.5, 0.6) is 5.75 Å². The van der Waals surface area contributed by atoms with E-state index in [0.29, 0.717) is 0 Å². The van der Waals surface area contributed by atoms with Crippen molar-refractivity contribution in [2.45, 2.75) is 0 Å². The lowest BCUT2D eigenvalue weighted by Crippen LogP contribution is -1.85. The van der Waals surface area contributed by atoms with Gasteiger partial charge < -0.3 is 4.74 Å². The van der Waals surface area contributed by atoms with Gasteiger partial charge in [0.2, 0.25) is 0 Å². The maximum Gasteiger partial charge on any atom is 0.119 e. The monoisotopic (exact) mass is 342 g/mol. The standard InChI is InChI=1S/C23H18OS/c1-24-21-12-6-10-19(16-21)18-9-5-11-20(15-18)23-22(13-14-25-23)17-7-3-2-4-8-17/h2-16H,1H3. The van der Waals surface area contributed by atoms with Gasteiger partial charge in [-0.25, -0.2) is 0 Å². The Morgan fingerprint density at radius 2 is 1.32 bits per heavy atom. The molecule has 0 amide bonds. The summed E-state index contributed by atoms with van der Waals surface area (Å²) in [5.74, 6) is 0.879. The van der Waals surface area contributed by atoms with Crippen LogP contribution in [-0.2, 0) is 0 Å². The van der Waals surface area contributed by atoms with Gasteiger partial charge in [0.15, 0.2) is 0 Å². The molecule has 0 spiro atoms. The first kappa shape index (κ1) is 15.7. The first-order valence-corrected chi connectivity index (χ1v) is 9.11. The second kappa shape index (κ2) is 6.96. The van der Waals surface area contributed by atoms with E-state index in [2.05, 4.69) is 78.2 Å². The summed E-state index contributed by atoms with van der Waals surface area (Å²) >= 11 is 1.78. The van der Waals surface area contributed by atoms with Crippen LogP contribution in [0.3, 0.4) is 0 Å². The van der Waals surface area contributed by atoms with Crippen molar-refractivity contribution in [1.29, 1.82) is 0 Å². The summed E-state index contributed by atoms with van der Waals surface area (Å²) in [6.45, 7) is 0. The van der Waals surface area contributed by atoms with Crippen molar-refractivity contribution in [2.75, 3.05) is 7.11 Å². The van der Waals surface area contributed by atoms with Crippen molar-refractivity contribution in [1.82, 2.24) is 0 Å². The Balaban J connectivity index is 1.77. The van der Waals surface area contributed by atoms with Gasteiger partial charge in [0.25, 0.3) is 0 Å². The highest BCUT2D eigenvalue weighted by Gasteiger charge is 2.10. The van der Waals surface area contributed by atoms with E-state index in [1.807, 2.05) is 12.1 Å². The van der Waals surface area contributed by atoms with E-state index in [1.54, 1.807) is 18.4 Å². The molecule has 25 heavy (non-hydrogen) atoms. The molecule has 0 aliphatic carbocycles. The second-order valence-corrected chi connectivity index (χ2v) is 6.76. The summed E-state index contributed by atoms with van der Waals surface area (Å²) in [6.07, 6.45) is 0. The molecule has 0 radical (unpaired) electrons. The summed E-state index contributed by atoms with van der Waals surface area (Å²) in [7, 11) is 1.70. The van der Waals surface area contributed by atoms with Crippen LogP contribution in [0, 0.1) is 0 Å². The van der Waals surface area contributed by atoms with Gasteiger partial charge in [0, 0.05) is 10.4 Å². The fourth-order valence-corrected chi connectivity index (χ4v) is 3.94. The average Bonchev–Trinajstić information content (AvgIpc) is 3.19. The highest BCUT2D eigenvalue weighted by molar-refractivity contribution is 7.14. The van der Waals surface area contributed by atoms with Crippen molar-refractivity contribution < 1.29 is 4.74 Å². The molecular weight excluding hydrogens is 324 g/mol. The van der Waals surface area contributed by atoms with Gasteiger partial charge in [-0.3, -0.25) is 0 Å². The number of thiophene rings is 1. The van der Waals surface area contributed by atoms with Crippen LogP contribution in [0.4, 0.5) is 0 Å². The topological polar surface area (TPSA) is 9.23 Å². The number of hydrogen-bond acceptors (Lipinski definition) is 2. The highest BCUT2D eigenvalue weighted by atomic mass is 32.1. The maximum absolute atomic E-state index is 5.36. The van der Waals surface area contributed by atoms with Crippen molar-refractivity contribution in [2.24, 2.45) is 0 Å². The van der Waals surface area contributed by atoms with E-state index >= 15 is 0 Å². The molecular formula is C23H18OS. The average molecular weight is 342 g/mol. The Hall–Kier alpha value is -2.84. The van der Waals surface area contributed by atoms with Crippen LogP contribution >= 0.6 is 11.3 Å². The number of hydrogen-bond donors (Lipinski definition) is 0. The molecule has 1 heterocycles. The van der Waals surface area contributed by atoms with Crippen LogP contribution in [0.25, 0.3) is 32.7 Å². The molecule has 1 aromatic heterocycles. The molecule has 4 aromatic rings. The summed E-state index contributed by atoms with van der Waals surface area (Å²) in [5, 5.41) is 2.16. The molecule has 4 rings (SSSR count). The third-order valence-electron chi connectivity index (χ3n) is 4.28. The Morgan fingerprint density at radius 1 is 0.640 bits per heavy atom. The van der Waals surface area contributed by atoms with Crippen molar-refractivity contribution in [3.05, 3.63) is 90.3 Å². The van der Waals surface area contributed by atoms with E-state index < -0.39 is 0 Å². The summed E-state index contributed by atoms with van der Waals surface area (Å²) in [4.78, 5) is 1.30. The second-order valence-electron chi connectivity index (χ2n) is 5.84. The minimum Gasteiger partial charge on any atom is -0.497 e. The van der Waals surface area contributed by atoms with Crippen LogP contribution in [0.15, 0.2) is 90.3 Å². The van der Waals surface area contributed by atoms with Gasteiger partial charge in [0.1, 0.15) is 5.75 Å². The van der Waals surface area contributed by atoms with Gasteiger partial charge in [-0.15, -0.1) is 11.3 Å². The molecule has 0 atom stereocenters. The third-order valence-corrected chi connectivity index (χ3v) is 5.24. The molecule has 0 fully saturated rings. The lowest BCUT2D eigenvalue weighted by molar-refractivity contribution is 0.415. The Morgan fingerprint density at radius 3 is 2.12 bits per heavy atom. The summed E-state index contributed by atoms with van der Waals surface area (Å²) in [6, 6.07) is 29.7. The van der Waals surface area contributed by atoms with Gasteiger partial charge in [0.05, 0.1) is 7.11 Å². The minimum atomic E-state index is 0.879. The molecule has 0 aliphatic rings. The highest BCUT2D eigenvalue weighted by Crippen LogP contribution is 2.38. The van der Waals surface area contributed by atoms with Crippen LogP contribution < -0.4 is 4.74 Å². The molecule has 0 unspecified atom stereocenters. The zero-order valence-electron chi connectivity index (χ0n) is 14.0. The molecule has 0 saturated carbocycles. The molecule has 0 bridgehead atoms. The van der Waals surface area contributed by atoms with Crippen LogP contribution in [-0.4, -0.2) is 7.11 Å². The molecule has 2 heteroatoms. The first-order valence-electron chi connectivity index (χ1n) is 8.23. The van der Waals surface area contributed by atoms with E-state index in [0.717, 1.165) is 5.75 Å². The fourth-order valence-electron chi connectivity index (χ4n) is 3.02. The quantitative estimate of drug-likeness (QED) is 0.398. The van der Waals surface area contributed by atoms with Gasteiger partial charge in [-0.1, -0.05) is 60.7 Å².